The van der Waals surface area contributed by atoms with Gasteiger partial charge in [0.25, 0.3) is 0 Å². The van der Waals surface area contributed by atoms with Gasteiger partial charge in [-0.1, -0.05) is 6.92 Å². The van der Waals surface area contributed by atoms with Crippen molar-refractivity contribution in [2.24, 2.45) is 0 Å². The number of hydrogen-bond acceptors (Lipinski definition) is 3. The maximum absolute atomic E-state index is 9.67. The first-order valence-corrected chi connectivity index (χ1v) is 5.63. The molecule has 0 amide bonds. The van der Waals surface area contributed by atoms with Gasteiger partial charge in [-0.3, -0.25) is 4.90 Å². The van der Waals surface area contributed by atoms with Gasteiger partial charge < -0.3 is 10.0 Å². The predicted molar refractivity (Wildman–Crippen MR) is 59.4 cm³/mol. The van der Waals surface area contributed by atoms with Crippen molar-refractivity contribution in [2.75, 3.05) is 27.2 Å². The van der Waals surface area contributed by atoms with Crippen LogP contribution in [0.25, 0.3) is 0 Å². The number of β-amino-alcohol motifs (C(OH)–C–C–N with tert-alkyl or cyclic N) is 1. The molecule has 0 spiro atoms. The molecule has 3 heteroatoms. The number of nitrogens with zero attached hydrogens (tertiary/aromatic N) is 2. The molecule has 14 heavy (non-hydrogen) atoms. The number of aliphatic hydroxyl groups excluding tert-OH is 1. The van der Waals surface area contributed by atoms with Crippen molar-refractivity contribution in [3.05, 3.63) is 0 Å². The van der Waals surface area contributed by atoms with Crippen molar-refractivity contribution in [1.82, 2.24) is 9.80 Å². The van der Waals surface area contributed by atoms with E-state index >= 15 is 0 Å². The standard InChI is InChI=1S/C11H24N2O/c1-5-9(2)13-8-11(14)6-10(13)7-12(3)4/h9-11,14H,5-8H2,1-4H3. The number of rotatable bonds is 4. The van der Waals surface area contributed by atoms with Gasteiger partial charge >= 0.3 is 0 Å². The van der Waals surface area contributed by atoms with Crippen LogP contribution in [0.2, 0.25) is 0 Å². The normalized spacial score (nSPS) is 31.3. The third-order valence-corrected chi connectivity index (χ3v) is 3.17. The summed E-state index contributed by atoms with van der Waals surface area (Å²) in [4.78, 5) is 4.66. The molecule has 1 fully saturated rings. The fraction of sp³-hybridized carbons (Fsp3) is 1.00. The van der Waals surface area contributed by atoms with Gasteiger partial charge in [0.1, 0.15) is 0 Å². The van der Waals surface area contributed by atoms with E-state index in [0.717, 1.165) is 25.9 Å². The Morgan fingerprint density at radius 1 is 1.50 bits per heavy atom. The summed E-state index contributed by atoms with van der Waals surface area (Å²) < 4.78 is 0. The quantitative estimate of drug-likeness (QED) is 0.726. The number of aliphatic hydroxyl groups is 1. The Bertz CT molecular complexity index is 173. The summed E-state index contributed by atoms with van der Waals surface area (Å²) in [5, 5.41) is 9.67. The van der Waals surface area contributed by atoms with Gasteiger partial charge in [0.2, 0.25) is 0 Å². The molecule has 0 aromatic carbocycles. The minimum Gasteiger partial charge on any atom is -0.392 e. The van der Waals surface area contributed by atoms with E-state index in [4.69, 9.17) is 0 Å². The second kappa shape index (κ2) is 5.10. The topological polar surface area (TPSA) is 26.7 Å². The minimum atomic E-state index is -0.117. The monoisotopic (exact) mass is 200 g/mol. The molecule has 1 heterocycles. The molecule has 3 nitrogen and oxygen atoms in total. The average Bonchev–Trinajstić information content (AvgIpc) is 2.44. The molecule has 0 bridgehead atoms. The Labute approximate surface area is 87.7 Å². The molecule has 3 unspecified atom stereocenters. The van der Waals surface area contributed by atoms with E-state index in [-0.39, 0.29) is 6.10 Å². The molecule has 1 N–H and O–H groups in total. The first kappa shape index (κ1) is 12.0. The highest BCUT2D eigenvalue weighted by Crippen LogP contribution is 2.22. The first-order chi connectivity index (χ1) is 6.54. The van der Waals surface area contributed by atoms with Crippen LogP contribution in [0.3, 0.4) is 0 Å². The van der Waals surface area contributed by atoms with Gasteiger partial charge in [-0.25, -0.2) is 0 Å². The lowest BCUT2D eigenvalue weighted by Crippen LogP contribution is -2.42. The van der Waals surface area contributed by atoms with Crippen LogP contribution in [0.1, 0.15) is 26.7 Å². The zero-order valence-corrected chi connectivity index (χ0v) is 9.90. The Kier molecular flexibility index (Phi) is 4.35. The molecule has 1 aliphatic heterocycles. The molecule has 0 radical (unpaired) electrons. The summed E-state index contributed by atoms with van der Waals surface area (Å²) in [6, 6.07) is 1.13. The van der Waals surface area contributed by atoms with Gasteiger partial charge in [-0.05, 0) is 33.9 Å². The Hall–Kier alpha value is -0.120. The molecule has 3 atom stereocenters. The summed E-state index contributed by atoms with van der Waals surface area (Å²) in [7, 11) is 4.19. The Balaban J connectivity index is 2.53. The van der Waals surface area contributed by atoms with E-state index in [1.165, 1.54) is 0 Å². The largest absolute Gasteiger partial charge is 0.392 e. The smallest absolute Gasteiger partial charge is 0.0682 e. The highest BCUT2D eigenvalue weighted by atomic mass is 16.3. The van der Waals surface area contributed by atoms with Gasteiger partial charge in [-0.2, -0.15) is 0 Å². The average molecular weight is 200 g/mol. The molecule has 0 aromatic rings. The summed E-state index contributed by atoms with van der Waals surface area (Å²) in [6.07, 6.45) is 1.98. The molecule has 1 aliphatic rings. The molecule has 0 saturated carbocycles. The van der Waals surface area contributed by atoms with Crippen molar-refractivity contribution >= 4 is 0 Å². The predicted octanol–water partition coefficient (Wildman–Crippen LogP) is 0.782. The molecule has 1 rings (SSSR count). The van der Waals surface area contributed by atoms with E-state index in [2.05, 4.69) is 37.7 Å². The summed E-state index contributed by atoms with van der Waals surface area (Å²) >= 11 is 0. The zero-order valence-electron chi connectivity index (χ0n) is 9.90. The SMILES string of the molecule is CCC(C)N1CC(O)CC1CN(C)C. The molecular formula is C11H24N2O. The van der Waals surface area contributed by atoms with Gasteiger partial charge in [0.15, 0.2) is 0 Å². The van der Waals surface area contributed by atoms with E-state index in [1.807, 2.05) is 0 Å². The zero-order chi connectivity index (χ0) is 10.7. The van der Waals surface area contributed by atoms with E-state index < -0.39 is 0 Å². The van der Waals surface area contributed by atoms with Crippen LogP contribution in [0, 0.1) is 0 Å². The number of likely N-dealkylation sites (N-methyl/N-ethyl adjacent to an activating group) is 1. The second-order valence-corrected chi connectivity index (χ2v) is 4.76. The lowest BCUT2D eigenvalue weighted by molar-refractivity contribution is 0.141. The van der Waals surface area contributed by atoms with E-state index in [0.29, 0.717) is 12.1 Å². The van der Waals surface area contributed by atoms with Gasteiger partial charge in [0.05, 0.1) is 6.10 Å². The summed E-state index contributed by atoms with van der Waals surface area (Å²) in [6.45, 7) is 6.37. The molecular weight excluding hydrogens is 176 g/mol. The van der Waals surface area contributed by atoms with Crippen molar-refractivity contribution < 1.29 is 5.11 Å². The third-order valence-electron chi connectivity index (χ3n) is 3.17. The highest BCUT2D eigenvalue weighted by molar-refractivity contribution is 4.88. The van der Waals surface area contributed by atoms with Crippen molar-refractivity contribution in [3.8, 4) is 0 Å². The first-order valence-electron chi connectivity index (χ1n) is 5.63. The molecule has 1 saturated heterocycles. The van der Waals surface area contributed by atoms with Crippen molar-refractivity contribution in [1.29, 1.82) is 0 Å². The van der Waals surface area contributed by atoms with Crippen LogP contribution in [0.4, 0.5) is 0 Å². The maximum atomic E-state index is 9.67. The lowest BCUT2D eigenvalue weighted by Gasteiger charge is -2.31. The second-order valence-electron chi connectivity index (χ2n) is 4.76. The number of hydrogen-bond donors (Lipinski definition) is 1. The third kappa shape index (κ3) is 2.94. The van der Waals surface area contributed by atoms with Crippen LogP contribution < -0.4 is 0 Å². The molecule has 84 valence electrons. The van der Waals surface area contributed by atoms with Crippen molar-refractivity contribution in [2.45, 2.75) is 44.9 Å². The number of likely N-dealkylation sites (tertiary alicyclic amines) is 1. The fourth-order valence-electron chi connectivity index (χ4n) is 2.29. The minimum absolute atomic E-state index is 0.117. The van der Waals surface area contributed by atoms with E-state index in [9.17, 15) is 5.11 Å². The summed E-state index contributed by atoms with van der Waals surface area (Å²) in [5.74, 6) is 0. The van der Waals surface area contributed by atoms with Crippen LogP contribution in [0.15, 0.2) is 0 Å². The maximum Gasteiger partial charge on any atom is 0.0682 e. The van der Waals surface area contributed by atoms with Gasteiger partial charge in [0, 0.05) is 25.2 Å². The molecule has 0 aromatic heterocycles. The van der Waals surface area contributed by atoms with Crippen LogP contribution in [-0.4, -0.2) is 60.3 Å². The van der Waals surface area contributed by atoms with Crippen molar-refractivity contribution in [3.63, 3.8) is 0 Å². The Morgan fingerprint density at radius 3 is 2.64 bits per heavy atom. The fourth-order valence-corrected chi connectivity index (χ4v) is 2.29. The molecule has 0 aliphatic carbocycles. The van der Waals surface area contributed by atoms with Gasteiger partial charge in [-0.15, -0.1) is 0 Å². The van der Waals surface area contributed by atoms with Crippen LogP contribution in [0.5, 0.6) is 0 Å². The van der Waals surface area contributed by atoms with E-state index in [1.54, 1.807) is 0 Å². The highest BCUT2D eigenvalue weighted by Gasteiger charge is 2.33. The van der Waals surface area contributed by atoms with Crippen LogP contribution >= 0.6 is 0 Å². The lowest BCUT2D eigenvalue weighted by atomic mass is 10.1. The summed E-state index contributed by atoms with van der Waals surface area (Å²) in [5.41, 5.74) is 0. The van der Waals surface area contributed by atoms with Crippen LogP contribution in [-0.2, 0) is 0 Å². The Morgan fingerprint density at radius 2 is 2.14 bits per heavy atom.